The summed E-state index contributed by atoms with van der Waals surface area (Å²) in [5, 5.41) is 0. The molecule has 0 N–H and O–H groups in total. The van der Waals surface area contributed by atoms with Gasteiger partial charge in [-0.1, -0.05) is 60.7 Å². The molecule has 2 saturated heterocycles. The van der Waals surface area contributed by atoms with E-state index in [0.717, 1.165) is 22.5 Å². The molecular weight excluding hydrogens is 380 g/mol. The van der Waals surface area contributed by atoms with Crippen molar-refractivity contribution >= 4 is 23.6 Å². The van der Waals surface area contributed by atoms with Crippen molar-refractivity contribution in [2.45, 2.75) is 12.2 Å². The highest BCUT2D eigenvalue weighted by Gasteiger charge is 2.35. The predicted molar refractivity (Wildman–Crippen MR) is 112 cm³/mol. The largest absolute Gasteiger partial charge is 0.439 e. The van der Waals surface area contributed by atoms with Gasteiger partial charge in [0.1, 0.15) is 12.2 Å². The topological polar surface area (TPSA) is 59.1 Å². The molecule has 0 spiro atoms. The van der Waals surface area contributed by atoms with E-state index in [-0.39, 0.29) is 24.4 Å². The molecule has 0 aliphatic carbocycles. The quantitative estimate of drug-likeness (QED) is 0.613. The third kappa shape index (κ3) is 3.37. The van der Waals surface area contributed by atoms with Gasteiger partial charge >= 0.3 is 12.2 Å². The van der Waals surface area contributed by atoms with Gasteiger partial charge in [0.2, 0.25) is 0 Å². The molecule has 6 nitrogen and oxygen atoms in total. The number of carbonyl (C=O) groups excluding carboxylic acids is 2. The Bertz CT molecular complexity index is 967. The SMILES string of the molecule is O=C1OC(c2ccccc2)CN1c1ccc(N2CC(c3ccccc3)OC2=O)cc1. The van der Waals surface area contributed by atoms with Gasteiger partial charge in [0.25, 0.3) is 0 Å². The molecule has 2 fully saturated rings. The van der Waals surface area contributed by atoms with Crippen molar-refractivity contribution in [3.8, 4) is 0 Å². The van der Waals surface area contributed by atoms with Crippen LogP contribution in [0.4, 0.5) is 21.0 Å². The van der Waals surface area contributed by atoms with Crippen molar-refractivity contribution in [3.05, 3.63) is 96.1 Å². The number of benzene rings is 3. The second-order valence-corrected chi connectivity index (χ2v) is 7.30. The minimum absolute atomic E-state index is 0.293. The molecule has 3 aromatic carbocycles. The molecular formula is C24H20N2O4. The standard InChI is InChI=1S/C24H20N2O4/c27-23-25(15-21(29-23)17-7-3-1-4-8-17)19-11-13-20(14-12-19)26-16-22(30-24(26)28)18-9-5-2-6-10-18/h1-14,21-22H,15-16H2. The van der Waals surface area contributed by atoms with Crippen molar-refractivity contribution in [2.24, 2.45) is 0 Å². The van der Waals surface area contributed by atoms with Crippen LogP contribution in [-0.4, -0.2) is 25.3 Å². The molecule has 2 aliphatic rings. The van der Waals surface area contributed by atoms with Crippen LogP contribution < -0.4 is 9.80 Å². The van der Waals surface area contributed by atoms with Gasteiger partial charge in [-0.3, -0.25) is 9.80 Å². The molecule has 30 heavy (non-hydrogen) atoms. The Morgan fingerprint density at radius 3 is 1.30 bits per heavy atom. The summed E-state index contributed by atoms with van der Waals surface area (Å²) in [6.07, 6.45) is -1.33. The Morgan fingerprint density at radius 2 is 0.933 bits per heavy atom. The molecule has 0 saturated carbocycles. The molecule has 3 aromatic rings. The second-order valence-electron chi connectivity index (χ2n) is 7.30. The van der Waals surface area contributed by atoms with Crippen LogP contribution >= 0.6 is 0 Å². The number of nitrogens with zero attached hydrogens (tertiary/aromatic N) is 2. The van der Waals surface area contributed by atoms with Crippen LogP contribution in [-0.2, 0) is 9.47 Å². The molecule has 0 bridgehead atoms. The van der Waals surface area contributed by atoms with Crippen LogP contribution in [0.2, 0.25) is 0 Å². The van der Waals surface area contributed by atoms with Crippen molar-refractivity contribution in [1.82, 2.24) is 0 Å². The number of cyclic esters (lactones) is 2. The van der Waals surface area contributed by atoms with Gasteiger partial charge in [-0.15, -0.1) is 0 Å². The van der Waals surface area contributed by atoms with E-state index in [9.17, 15) is 9.59 Å². The number of hydrogen-bond acceptors (Lipinski definition) is 4. The average molecular weight is 400 g/mol. The maximum atomic E-state index is 12.4. The van der Waals surface area contributed by atoms with Gasteiger partial charge in [-0.2, -0.15) is 0 Å². The fourth-order valence-corrected chi connectivity index (χ4v) is 3.84. The summed E-state index contributed by atoms with van der Waals surface area (Å²) in [5.74, 6) is 0. The number of ether oxygens (including phenoxy) is 2. The molecule has 2 aliphatic heterocycles. The first-order valence-corrected chi connectivity index (χ1v) is 9.85. The zero-order valence-corrected chi connectivity index (χ0v) is 16.2. The fourth-order valence-electron chi connectivity index (χ4n) is 3.84. The van der Waals surface area contributed by atoms with E-state index in [1.807, 2.05) is 84.9 Å². The molecule has 2 heterocycles. The van der Waals surface area contributed by atoms with Crippen LogP contribution in [0.15, 0.2) is 84.9 Å². The monoisotopic (exact) mass is 400 g/mol. The number of anilines is 2. The number of rotatable bonds is 4. The molecule has 5 rings (SSSR count). The van der Waals surface area contributed by atoms with Gasteiger partial charge in [-0.25, -0.2) is 9.59 Å². The minimum Gasteiger partial charge on any atom is -0.439 e. The van der Waals surface area contributed by atoms with E-state index >= 15 is 0 Å². The first-order valence-electron chi connectivity index (χ1n) is 9.85. The Kier molecular flexibility index (Phi) is 4.59. The molecule has 0 radical (unpaired) electrons. The van der Waals surface area contributed by atoms with E-state index in [1.165, 1.54) is 0 Å². The number of carbonyl (C=O) groups is 2. The van der Waals surface area contributed by atoms with Gasteiger partial charge in [0.05, 0.1) is 13.1 Å². The highest BCUT2D eigenvalue weighted by atomic mass is 16.6. The lowest BCUT2D eigenvalue weighted by molar-refractivity contribution is 0.141. The zero-order valence-electron chi connectivity index (χ0n) is 16.2. The first kappa shape index (κ1) is 18.2. The predicted octanol–water partition coefficient (Wildman–Crippen LogP) is 5.08. The van der Waals surface area contributed by atoms with E-state index in [2.05, 4.69) is 0 Å². The van der Waals surface area contributed by atoms with Crippen molar-refractivity contribution < 1.29 is 19.1 Å². The molecule has 2 atom stereocenters. The van der Waals surface area contributed by atoms with Crippen LogP contribution in [0, 0.1) is 0 Å². The Labute approximate surface area is 174 Å². The summed E-state index contributed by atoms with van der Waals surface area (Å²) < 4.78 is 11.1. The van der Waals surface area contributed by atoms with Crippen LogP contribution in [0.3, 0.4) is 0 Å². The Balaban J connectivity index is 1.30. The lowest BCUT2D eigenvalue weighted by atomic mass is 10.1. The summed E-state index contributed by atoms with van der Waals surface area (Å²) in [6.45, 7) is 0.897. The van der Waals surface area contributed by atoms with Gasteiger partial charge < -0.3 is 9.47 Å². The highest BCUT2D eigenvalue weighted by molar-refractivity contribution is 5.92. The van der Waals surface area contributed by atoms with Crippen LogP contribution in [0.25, 0.3) is 0 Å². The van der Waals surface area contributed by atoms with Crippen molar-refractivity contribution in [2.75, 3.05) is 22.9 Å². The third-order valence-electron chi connectivity index (χ3n) is 5.44. The van der Waals surface area contributed by atoms with Crippen molar-refractivity contribution in [1.29, 1.82) is 0 Å². The maximum absolute atomic E-state index is 12.4. The molecule has 150 valence electrons. The van der Waals surface area contributed by atoms with Crippen LogP contribution in [0.5, 0.6) is 0 Å². The second kappa shape index (κ2) is 7.55. The molecule has 6 heteroatoms. The molecule has 2 unspecified atom stereocenters. The average Bonchev–Trinajstić information content (AvgIpc) is 3.38. The first-order chi connectivity index (χ1) is 14.7. The summed E-state index contributed by atoms with van der Waals surface area (Å²) in [7, 11) is 0. The zero-order chi connectivity index (χ0) is 20.5. The molecule has 2 amide bonds. The smallest absolute Gasteiger partial charge is 0.415 e. The lowest BCUT2D eigenvalue weighted by Gasteiger charge is -2.16. The highest BCUT2D eigenvalue weighted by Crippen LogP contribution is 2.33. The van der Waals surface area contributed by atoms with Crippen LogP contribution in [0.1, 0.15) is 23.3 Å². The maximum Gasteiger partial charge on any atom is 0.415 e. The summed E-state index contributed by atoms with van der Waals surface area (Å²) in [4.78, 5) is 28.0. The normalized spacial score (nSPS) is 20.9. The lowest BCUT2D eigenvalue weighted by Crippen LogP contribution is -2.25. The minimum atomic E-state index is -0.374. The summed E-state index contributed by atoms with van der Waals surface area (Å²) in [5.41, 5.74) is 3.40. The third-order valence-corrected chi connectivity index (χ3v) is 5.44. The van der Waals surface area contributed by atoms with E-state index in [1.54, 1.807) is 9.80 Å². The van der Waals surface area contributed by atoms with Gasteiger partial charge in [0, 0.05) is 11.4 Å². The number of amides is 2. The fraction of sp³-hybridized carbons (Fsp3) is 0.167. The number of hydrogen-bond donors (Lipinski definition) is 0. The Hall–Kier alpha value is -3.80. The summed E-state index contributed by atoms with van der Waals surface area (Å²) in [6, 6.07) is 26.7. The van der Waals surface area contributed by atoms with Gasteiger partial charge in [0.15, 0.2) is 0 Å². The van der Waals surface area contributed by atoms with E-state index in [0.29, 0.717) is 13.1 Å². The van der Waals surface area contributed by atoms with E-state index in [4.69, 9.17) is 9.47 Å². The molecule has 0 aromatic heterocycles. The van der Waals surface area contributed by atoms with Gasteiger partial charge in [-0.05, 0) is 35.4 Å². The Morgan fingerprint density at radius 1 is 0.567 bits per heavy atom. The van der Waals surface area contributed by atoms with E-state index < -0.39 is 0 Å². The summed E-state index contributed by atoms with van der Waals surface area (Å²) >= 11 is 0. The van der Waals surface area contributed by atoms with Crippen molar-refractivity contribution in [3.63, 3.8) is 0 Å².